The molecule has 4 rings (SSSR count). The first kappa shape index (κ1) is 21.9. The maximum Gasteiger partial charge on any atom is 0.235 e. The second-order valence-corrected chi connectivity index (χ2v) is 7.40. The Morgan fingerprint density at radius 1 is 0.879 bits per heavy atom. The summed E-state index contributed by atoms with van der Waals surface area (Å²) in [5.41, 5.74) is 2.35. The molecule has 0 saturated carbocycles. The molecule has 2 N–H and O–H groups in total. The van der Waals surface area contributed by atoms with Gasteiger partial charge in [-0.25, -0.2) is 4.39 Å². The van der Waals surface area contributed by atoms with Gasteiger partial charge in [-0.05, 0) is 35.4 Å². The zero-order valence-electron chi connectivity index (χ0n) is 17.7. The Kier molecular flexibility index (Phi) is 6.54. The van der Waals surface area contributed by atoms with Crippen LogP contribution < -0.4 is 10.6 Å². The fourth-order valence-corrected chi connectivity index (χ4v) is 3.77. The summed E-state index contributed by atoms with van der Waals surface area (Å²) in [6, 6.07) is 20.1. The molecular formula is C25H21FN4O3. The number of rotatable bonds is 7. The second-order valence-electron chi connectivity index (χ2n) is 7.40. The van der Waals surface area contributed by atoms with Gasteiger partial charge in [0.05, 0.1) is 23.5 Å². The average Bonchev–Trinajstić information content (AvgIpc) is 3.32. The third-order valence-electron chi connectivity index (χ3n) is 5.13. The van der Waals surface area contributed by atoms with Crippen molar-refractivity contribution in [2.45, 2.75) is 18.8 Å². The SMILES string of the molecule is CC(=O)Nc1cccnc1C(c1ccccc1)C(C(=O)Nc1ccno1)c1ccc(F)cc1. The maximum atomic E-state index is 13.7. The molecule has 2 heterocycles. The van der Waals surface area contributed by atoms with Gasteiger partial charge >= 0.3 is 0 Å². The molecule has 0 aliphatic heterocycles. The van der Waals surface area contributed by atoms with Crippen molar-refractivity contribution in [2.75, 3.05) is 10.6 Å². The van der Waals surface area contributed by atoms with Crippen LogP contribution in [0.3, 0.4) is 0 Å². The first-order valence-corrected chi connectivity index (χ1v) is 10.3. The predicted octanol–water partition coefficient (Wildman–Crippen LogP) is 4.72. The molecule has 33 heavy (non-hydrogen) atoms. The molecule has 2 aromatic heterocycles. The quantitative estimate of drug-likeness (QED) is 0.430. The van der Waals surface area contributed by atoms with Crippen molar-refractivity contribution in [3.05, 3.63) is 108 Å². The summed E-state index contributed by atoms with van der Waals surface area (Å²) in [6.45, 7) is 1.41. The zero-order valence-corrected chi connectivity index (χ0v) is 17.7. The van der Waals surface area contributed by atoms with Crippen molar-refractivity contribution in [1.82, 2.24) is 10.1 Å². The second kappa shape index (κ2) is 9.86. The van der Waals surface area contributed by atoms with Crippen LogP contribution in [0.25, 0.3) is 0 Å². The van der Waals surface area contributed by atoms with Crippen molar-refractivity contribution < 1.29 is 18.5 Å². The lowest BCUT2D eigenvalue weighted by Crippen LogP contribution is -2.28. The Morgan fingerprint density at radius 3 is 2.30 bits per heavy atom. The van der Waals surface area contributed by atoms with Gasteiger partial charge < -0.3 is 9.84 Å². The number of carbonyl (C=O) groups is 2. The molecule has 7 nitrogen and oxygen atoms in total. The van der Waals surface area contributed by atoms with Crippen molar-refractivity contribution in [2.24, 2.45) is 0 Å². The summed E-state index contributed by atoms with van der Waals surface area (Å²) in [7, 11) is 0. The lowest BCUT2D eigenvalue weighted by atomic mass is 9.78. The minimum Gasteiger partial charge on any atom is -0.338 e. The topological polar surface area (TPSA) is 97.1 Å². The summed E-state index contributed by atoms with van der Waals surface area (Å²) in [5, 5.41) is 9.17. The molecule has 0 aliphatic carbocycles. The van der Waals surface area contributed by atoms with Crippen LogP contribution >= 0.6 is 0 Å². The fourth-order valence-electron chi connectivity index (χ4n) is 3.77. The lowest BCUT2D eigenvalue weighted by Gasteiger charge is -2.28. The number of nitrogens with one attached hydrogen (secondary N) is 2. The Morgan fingerprint density at radius 2 is 1.64 bits per heavy atom. The van der Waals surface area contributed by atoms with Gasteiger partial charge in [-0.3, -0.25) is 19.9 Å². The number of halogens is 1. The van der Waals surface area contributed by atoms with E-state index in [9.17, 15) is 14.0 Å². The van der Waals surface area contributed by atoms with Crippen LogP contribution in [0, 0.1) is 5.82 Å². The van der Waals surface area contributed by atoms with Gasteiger partial charge in [0.1, 0.15) is 5.82 Å². The van der Waals surface area contributed by atoms with E-state index in [1.165, 1.54) is 31.3 Å². The van der Waals surface area contributed by atoms with Gasteiger partial charge in [0.25, 0.3) is 0 Å². The summed E-state index contributed by atoms with van der Waals surface area (Å²) >= 11 is 0. The third kappa shape index (κ3) is 5.12. The summed E-state index contributed by atoms with van der Waals surface area (Å²) < 4.78 is 18.8. The number of pyridine rings is 1. The number of anilines is 2. The number of benzene rings is 2. The van der Waals surface area contributed by atoms with E-state index >= 15 is 0 Å². The first-order valence-electron chi connectivity index (χ1n) is 10.3. The third-order valence-corrected chi connectivity index (χ3v) is 5.13. The maximum absolute atomic E-state index is 13.7. The van der Waals surface area contributed by atoms with Crippen LogP contribution in [0.2, 0.25) is 0 Å². The highest BCUT2D eigenvalue weighted by Gasteiger charge is 2.35. The highest BCUT2D eigenvalue weighted by Crippen LogP contribution is 2.41. The predicted molar refractivity (Wildman–Crippen MR) is 121 cm³/mol. The Hall–Kier alpha value is -4.33. The molecular weight excluding hydrogens is 423 g/mol. The molecule has 166 valence electrons. The molecule has 0 radical (unpaired) electrons. The van der Waals surface area contributed by atoms with E-state index < -0.39 is 23.6 Å². The van der Waals surface area contributed by atoms with E-state index in [0.717, 1.165) is 5.56 Å². The number of carbonyl (C=O) groups excluding carboxylic acids is 2. The van der Waals surface area contributed by atoms with Gasteiger partial charge in [0.15, 0.2) is 0 Å². The van der Waals surface area contributed by atoms with E-state index in [1.54, 1.807) is 30.5 Å². The smallest absolute Gasteiger partial charge is 0.235 e. The Bertz CT molecular complexity index is 1230. The molecule has 8 heteroatoms. The standard InChI is InChI=1S/C25H21FN4O3/c1-16(31)29-20-8-5-14-27-24(20)22(17-6-3-2-4-7-17)23(18-9-11-19(26)12-10-18)25(32)30-21-13-15-28-33-21/h2-15,22-23H,1H3,(H,29,31)(H,30,32). The van der Waals surface area contributed by atoms with Gasteiger partial charge in [-0.1, -0.05) is 47.6 Å². The number of amides is 2. The van der Waals surface area contributed by atoms with Crippen LogP contribution in [-0.2, 0) is 9.59 Å². The number of aromatic nitrogens is 2. The normalized spacial score (nSPS) is 12.5. The highest BCUT2D eigenvalue weighted by atomic mass is 19.1. The van der Waals surface area contributed by atoms with Gasteiger partial charge in [0, 0.05) is 25.1 Å². The van der Waals surface area contributed by atoms with Crippen molar-refractivity contribution in [3.63, 3.8) is 0 Å². The molecule has 2 atom stereocenters. The van der Waals surface area contributed by atoms with E-state index in [-0.39, 0.29) is 11.8 Å². The molecule has 2 aromatic carbocycles. The minimum atomic E-state index is -0.833. The largest absolute Gasteiger partial charge is 0.338 e. The van der Waals surface area contributed by atoms with Crippen molar-refractivity contribution >= 4 is 23.4 Å². The summed E-state index contributed by atoms with van der Waals surface area (Å²) in [6.07, 6.45) is 3.03. The number of nitrogens with zero attached hydrogens (tertiary/aromatic N) is 2. The molecule has 4 aromatic rings. The minimum absolute atomic E-state index is 0.182. The van der Waals surface area contributed by atoms with Crippen LogP contribution in [0.15, 0.2) is 89.7 Å². The summed E-state index contributed by atoms with van der Waals surface area (Å²) in [5.74, 6) is -2.33. The van der Waals surface area contributed by atoms with Crippen LogP contribution in [0.4, 0.5) is 16.0 Å². The highest BCUT2D eigenvalue weighted by molar-refractivity contribution is 5.96. The average molecular weight is 444 g/mol. The molecule has 2 amide bonds. The zero-order chi connectivity index (χ0) is 23.2. The molecule has 0 spiro atoms. The molecule has 0 bridgehead atoms. The molecule has 0 fully saturated rings. The fraction of sp³-hybridized carbons (Fsp3) is 0.120. The van der Waals surface area contributed by atoms with Gasteiger partial charge in [-0.15, -0.1) is 0 Å². The molecule has 0 aliphatic rings. The molecule has 2 unspecified atom stereocenters. The van der Waals surface area contributed by atoms with Crippen LogP contribution in [-0.4, -0.2) is 22.0 Å². The summed E-state index contributed by atoms with van der Waals surface area (Å²) in [4.78, 5) is 30.0. The van der Waals surface area contributed by atoms with Gasteiger partial charge in [-0.2, -0.15) is 0 Å². The number of hydrogen-bond donors (Lipinski definition) is 2. The van der Waals surface area contributed by atoms with Gasteiger partial charge in [0.2, 0.25) is 17.7 Å². The Balaban J connectivity index is 1.89. The van der Waals surface area contributed by atoms with Crippen molar-refractivity contribution in [3.8, 4) is 0 Å². The lowest BCUT2D eigenvalue weighted by molar-refractivity contribution is -0.118. The van der Waals surface area contributed by atoms with Crippen LogP contribution in [0.5, 0.6) is 0 Å². The van der Waals surface area contributed by atoms with E-state index in [1.807, 2.05) is 30.3 Å². The van der Waals surface area contributed by atoms with E-state index in [0.29, 0.717) is 16.9 Å². The first-order chi connectivity index (χ1) is 16.0. The monoisotopic (exact) mass is 444 g/mol. The van der Waals surface area contributed by atoms with E-state index in [4.69, 9.17) is 4.52 Å². The number of hydrogen-bond acceptors (Lipinski definition) is 5. The Labute approximate surface area is 189 Å². The van der Waals surface area contributed by atoms with Crippen molar-refractivity contribution in [1.29, 1.82) is 0 Å². The molecule has 0 saturated heterocycles. The van der Waals surface area contributed by atoms with Crippen LogP contribution in [0.1, 0.15) is 35.6 Å². The van der Waals surface area contributed by atoms with E-state index in [2.05, 4.69) is 20.8 Å².